The Kier molecular flexibility index (Phi) is 4.11. The van der Waals surface area contributed by atoms with Crippen molar-refractivity contribution < 1.29 is 19.1 Å². The summed E-state index contributed by atoms with van der Waals surface area (Å²) in [4.78, 5) is 23.1. The summed E-state index contributed by atoms with van der Waals surface area (Å²) in [6, 6.07) is 7.09. The van der Waals surface area contributed by atoms with E-state index in [2.05, 4.69) is 0 Å². The number of benzene rings is 1. The number of nitrogens with two attached hydrogens (primary N) is 1. The third kappa shape index (κ3) is 3.36. The number of hydrogen-bond acceptors (Lipinski definition) is 4. The van der Waals surface area contributed by atoms with Crippen LogP contribution in [-0.2, 0) is 14.3 Å². The maximum absolute atomic E-state index is 12.4. The molecule has 1 aliphatic heterocycles. The molecular formula is C17H21NO4. The van der Waals surface area contributed by atoms with E-state index in [9.17, 15) is 9.59 Å². The van der Waals surface area contributed by atoms with Crippen molar-refractivity contribution in [1.82, 2.24) is 0 Å². The minimum absolute atomic E-state index is 0.00782. The van der Waals surface area contributed by atoms with Crippen molar-refractivity contribution in [2.24, 2.45) is 5.73 Å². The van der Waals surface area contributed by atoms with Gasteiger partial charge in [-0.05, 0) is 51.5 Å². The Hall–Kier alpha value is -2.14. The van der Waals surface area contributed by atoms with Crippen molar-refractivity contribution in [2.75, 3.05) is 6.61 Å². The smallest absolute Gasteiger partial charge is 0.255 e. The molecule has 0 radical (unpaired) electrons. The van der Waals surface area contributed by atoms with Crippen molar-refractivity contribution in [3.63, 3.8) is 0 Å². The van der Waals surface area contributed by atoms with Crippen LogP contribution in [0.2, 0.25) is 0 Å². The Labute approximate surface area is 130 Å². The summed E-state index contributed by atoms with van der Waals surface area (Å²) in [5, 5.41) is 0. The number of primary amides is 1. The molecule has 22 heavy (non-hydrogen) atoms. The predicted octanol–water partition coefficient (Wildman–Crippen LogP) is 2.09. The van der Waals surface area contributed by atoms with E-state index in [-0.39, 0.29) is 12.4 Å². The third-order valence-electron chi connectivity index (χ3n) is 3.52. The fraction of sp³-hybridized carbons (Fsp3) is 0.412. The second-order valence-electron chi connectivity index (χ2n) is 6.33. The van der Waals surface area contributed by atoms with Crippen molar-refractivity contribution in [3.8, 4) is 5.75 Å². The summed E-state index contributed by atoms with van der Waals surface area (Å²) in [6.45, 7) is 7.16. The lowest BCUT2D eigenvalue weighted by Gasteiger charge is -2.22. The highest BCUT2D eigenvalue weighted by Crippen LogP contribution is 2.39. The average molecular weight is 303 g/mol. The molecule has 0 spiro atoms. The fourth-order valence-corrected chi connectivity index (χ4v) is 2.56. The molecule has 0 bridgehead atoms. The number of rotatable bonds is 4. The van der Waals surface area contributed by atoms with Crippen LogP contribution in [0.25, 0.3) is 6.08 Å². The van der Waals surface area contributed by atoms with Gasteiger partial charge in [-0.1, -0.05) is 12.1 Å². The summed E-state index contributed by atoms with van der Waals surface area (Å²) in [7, 11) is 0. The third-order valence-corrected chi connectivity index (χ3v) is 3.52. The molecule has 1 aromatic rings. The van der Waals surface area contributed by atoms with E-state index < -0.39 is 17.1 Å². The summed E-state index contributed by atoms with van der Waals surface area (Å²) >= 11 is 0. The number of carbonyl (C=O) groups excluding carboxylic acids is 2. The molecule has 1 heterocycles. The van der Waals surface area contributed by atoms with Crippen LogP contribution >= 0.6 is 0 Å². The first-order valence-corrected chi connectivity index (χ1v) is 7.10. The predicted molar refractivity (Wildman–Crippen MR) is 83.4 cm³/mol. The van der Waals surface area contributed by atoms with Gasteiger partial charge in [0.1, 0.15) is 11.4 Å². The molecule has 1 saturated heterocycles. The van der Waals surface area contributed by atoms with Gasteiger partial charge in [-0.15, -0.1) is 0 Å². The fourth-order valence-electron chi connectivity index (χ4n) is 2.56. The Bertz CT molecular complexity index is 627. The lowest BCUT2D eigenvalue weighted by molar-refractivity contribution is -0.132. The Morgan fingerprint density at radius 3 is 2.23 bits per heavy atom. The Morgan fingerprint density at radius 2 is 1.77 bits per heavy atom. The molecule has 0 atom stereocenters. The second-order valence-corrected chi connectivity index (χ2v) is 6.33. The number of ketones is 1. The summed E-state index contributed by atoms with van der Waals surface area (Å²) in [6.07, 6.45) is 1.83. The van der Waals surface area contributed by atoms with Crippen LogP contribution in [0.15, 0.2) is 29.8 Å². The standard InChI is InChI=1S/C17H21NO4/c1-16(2)13(15(20)17(3,4)22-16)9-11-5-7-12(8-6-11)21-10-14(18)19/h5-9H,10H2,1-4H3,(H2,18,19)/b13-9-. The van der Waals surface area contributed by atoms with E-state index in [1.807, 2.05) is 32.1 Å². The quantitative estimate of drug-likeness (QED) is 0.864. The maximum Gasteiger partial charge on any atom is 0.255 e. The van der Waals surface area contributed by atoms with Crippen molar-refractivity contribution >= 4 is 17.8 Å². The van der Waals surface area contributed by atoms with Gasteiger partial charge in [0, 0.05) is 5.57 Å². The molecule has 0 aromatic heterocycles. The van der Waals surface area contributed by atoms with Crippen molar-refractivity contribution in [1.29, 1.82) is 0 Å². The Balaban J connectivity index is 2.22. The van der Waals surface area contributed by atoms with Crippen LogP contribution in [0.3, 0.4) is 0 Å². The molecule has 5 heteroatoms. The van der Waals surface area contributed by atoms with Crippen LogP contribution in [0, 0.1) is 0 Å². The molecule has 2 N–H and O–H groups in total. The first-order valence-electron chi connectivity index (χ1n) is 7.10. The number of Topliss-reactive ketones (excluding diaryl/α,β-unsaturated/α-hetero) is 1. The van der Waals surface area contributed by atoms with E-state index in [1.54, 1.807) is 26.0 Å². The van der Waals surface area contributed by atoms with E-state index in [0.717, 1.165) is 5.56 Å². The van der Waals surface area contributed by atoms with E-state index in [0.29, 0.717) is 11.3 Å². The average Bonchev–Trinajstić information content (AvgIpc) is 2.56. The lowest BCUT2D eigenvalue weighted by Crippen LogP contribution is -2.29. The van der Waals surface area contributed by atoms with Crippen LogP contribution in [-0.4, -0.2) is 29.5 Å². The zero-order valence-electron chi connectivity index (χ0n) is 13.3. The topological polar surface area (TPSA) is 78.6 Å². The lowest BCUT2D eigenvalue weighted by atomic mass is 9.91. The zero-order valence-corrected chi connectivity index (χ0v) is 13.3. The van der Waals surface area contributed by atoms with Gasteiger partial charge in [0.15, 0.2) is 12.4 Å². The second kappa shape index (κ2) is 5.57. The first-order chi connectivity index (χ1) is 10.1. The number of ether oxygens (including phenoxy) is 2. The molecule has 0 unspecified atom stereocenters. The normalized spacial score (nSPS) is 21.1. The van der Waals surface area contributed by atoms with Crippen molar-refractivity contribution in [3.05, 3.63) is 35.4 Å². The van der Waals surface area contributed by atoms with Gasteiger partial charge < -0.3 is 15.2 Å². The Morgan fingerprint density at radius 1 is 1.18 bits per heavy atom. The highest BCUT2D eigenvalue weighted by atomic mass is 16.5. The van der Waals surface area contributed by atoms with Gasteiger partial charge in [0.05, 0.1) is 5.60 Å². The molecule has 0 aliphatic carbocycles. The van der Waals surface area contributed by atoms with Gasteiger partial charge in [0.25, 0.3) is 5.91 Å². The number of amides is 1. The molecule has 5 nitrogen and oxygen atoms in total. The zero-order chi connectivity index (χ0) is 16.5. The van der Waals surface area contributed by atoms with E-state index >= 15 is 0 Å². The molecule has 1 fully saturated rings. The van der Waals surface area contributed by atoms with Crippen LogP contribution < -0.4 is 10.5 Å². The van der Waals surface area contributed by atoms with E-state index in [4.69, 9.17) is 15.2 Å². The molecule has 1 aromatic carbocycles. The molecule has 1 aliphatic rings. The van der Waals surface area contributed by atoms with Crippen LogP contribution in [0.5, 0.6) is 5.75 Å². The van der Waals surface area contributed by atoms with Crippen LogP contribution in [0.4, 0.5) is 0 Å². The SMILES string of the molecule is CC1(C)OC(C)(C)/C(=C\c2ccc(OCC(N)=O)cc2)C1=O. The van der Waals surface area contributed by atoms with Crippen molar-refractivity contribution in [2.45, 2.75) is 38.9 Å². The minimum Gasteiger partial charge on any atom is -0.484 e. The first kappa shape index (κ1) is 16.2. The summed E-state index contributed by atoms with van der Waals surface area (Å²) < 4.78 is 11.0. The molecule has 0 saturated carbocycles. The van der Waals surface area contributed by atoms with Gasteiger partial charge in [0.2, 0.25) is 0 Å². The molecule has 1 amide bonds. The highest BCUT2D eigenvalue weighted by molar-refractivity contribution is 6.08. The molecular weight excluding hydrogens is 282 g/mol. The molecule has 2 rings (SSSR count). The minimum atomic E-state index is -0.806. The van der Waals surface area contributed by atoms with E-state index in [1.165, 1.54) is 0 Å². The maximum atomic E-state index is 12.4. The van der Waals surface area contributed by atoms with Gasteiger partial charge in [-0.2, -0.15) is 0 Å². The number of hydrogen-bond donors (Lipinski definition) is 1. The van der Waals surface area contributed by atoms with Crippen LogP contribution in [0.1, 0.15) is 33.3 Å². The summed E-state index contributed by atoms with van der Waals surface area (Å²) in [5.74, 6) is 0.0185. The summed E-state index contributed by atoms with van der Waals surface area (Å²) in [5.41, 5.74) is 5.10. The van der Waals surface area contributed by atoms with Gasteiger partial charge in [-0.25, -0.2) is 0 Å². The number of carbonyl (C=O) groups is 2. The highest BCUT2D eigenvalue weighted by Gasteiger charge is 2.49. The van der Waals surface area contributed by atoms with Gasteiger partial charge >= 0.3 is 0 Å². The van der Waals surface area contributed by atoms with Gasteiger partial charge in [-0.3, -0.25) is 9.59 Å². The molecule has 118 valence electrons. The monoisotopic (exact) mass is 303 g/mol. The largest absolute Gasteiger partial charge is 0.484 e.